The average molecular weight is 278 g/mol. The highest BCUT2D eigenvalue weighted by Crippen LogP contribution is 2.42. The summed E-state index contributed by atoms with van der Waals surface area (Å²) >= 11 is 0. The molecule has 1 N–H and O–H groups in total. The van der Waals surface area contributed by atoms with Crippen LogP contribution in [-0.4, -0.2) is 26.2 Å². The van der Waals surface area contributed by atoms with Crippen LogP contribution in [-0.2, 0) is 0 Å². The van der Waals surface area contributed by atoms with Crippen molar-refractivity contribution in [1.29, 1.82) is 5.26 Å². The highest BCUT2D eigenvalue weighted by Gasteiger charge is 2.26. The minimum Gasteiger partial charge on any atom is -0.368 e. The number of benzene rings is 1. The van der Waals surface area contributed by atoms with Crippen molar-refractivity contribution >= 4 is 18.1 Å². The molecule has 0 radical (unpaired) electrons. The highest BCUT2D eigenvalue weighted by molar-refractivity contribution is 5.85. The summed E-state index contributed by atoms with van der Waals surface area (Å²) in [6, 6.07) is 6.85. The first-order chi connectivity index (χ1) is 8.79. The van der Waals surface area contributed by atoms with Crippen LogP contribution in [0.1, 0.15) is 35.4 Å². The second-order valence-electron chi connectivity index (χ2n) is 5.36. The van der Waals surface area contributed by atoms with Crippen molar-refractivity contribution in [3.8, 4) is 6.07 Å². The minimum absolute atomic E-state index is 0. The lowest BCUT2D eigenvalue weighted by atomic mass is 9.99. The maximum atomic E-state index is 9.38. The van der Waals surface area contributed by atoms with Crippen LogP contribution >= 0.6 is 12.4 Å². The van der Waals surface area contributed by atoms with E-state index in [9.17, 15) is 5.26 Å². The van der Waals surface area contributed by atoms with E-state index >= 15 is 0 Å². The molecule has 3 nitrogen and oxygen atoms in total. The van der Waals surface area contributed by atoms with Gasteiger partial charge >= 0.3 is 0 Å². The van der Waals surface area contributed by atoms with Crippen LogP contribution in [0.15, 0.2) is 12.1 Å². The van der Waals surface area contributed by atoms with E-state index in [4.69, 9.17) is 0 Å². The van der Waals surface area contributed by atoms with Gasteiger partial charge in [0.2, 0.25) is 0 Å². The van der Waals surface area contributed by atoms with E-state index in [1.165, 1.54) is 18.4 Å². The van der Waals surface area contributed by atoms with Gasteiger partial charge in [-0.1, -0.05) is 6.07 Å². The molecule has 0 amide bonds. The number of anilines is 1. The van der Waals surface area contributed by atoms with Crippen LogP contribution < -0.4 is 10.2 Å². The Labute approximate surface area is 121 Å². The SMILES string of the molecule is Cc1cc(C2CC2)cc(N2CCNCC2)c1C#N.Cl. The van der Waals surface area contributed by atoms with Crippen molar-refractivity contribution < 1.29 is 0 Å². The quantitative estimate of drug-likeness (QED) is 0.903. The molecule has 2 aliphatic rings. The van der Waals surface area contributed by atoms with Gasteiger partial charge in [-0.25, -0.2) is 0 Å². The molecule has 1 saturated heterocycles. The Morgan fingerprint density at radius 2 is 1.95 bits per heavy atom. The van der Waals surface area contributed by atoms with Crippen molar-refractivity contribution in [1.82, 2.24) is 5.32 Å². The molecule has 1 aromatic carbocycles. The standard InChI is InChI=1S/C15H19N3.ClH/c1-11-8-13(12-2-3-12)9-15(14(11)10-16)18-6-4-17-5-7-18;/h8-9,12,17H,2-7H2,1H3;1H. The monoisotopic (exact) mass is 277 g/mol. The summed E-state index contributed by atoms with van der Waals surface area (Å²) in [4.78, 5) is 2.36. The van der Waals surface area contributed by atoms with Crippen LogP contribution in [0.3, 0.4) is 0 Å². The third-order valence-electron chi connectivity index (χ3n) is 3.96. The normalized spacial score (nSPS) is 18.6. The van der Waals surface area contributed by atoms with E-state index in [1.807, 2.05) is 0 Å². The maximum Gasteiger partial charge on any atom is 0.102 e. The lowest BCUT2D eigenvalue weighted by Crippen LogP contribution is -2.43. The van der Waals surface area contributed by atoms with Gasteiger partial charge in [0.25, 0.3) is 0 Å². The van der Waals surface area contributed by atoms with Crippen LogP contribution in [0.4, 0.5) is 5.69 Å². The second kappa shape index (κ2) is 5.81. The zero-order valence-electron chi connectivity index (χ0n) is 11.3. The topological polar surface area (TPSA) is 39.1 Å². The highest BCUT2D eigenvalue weighted by atomic mass is 35.5. The zero-order valence-corrected chi connectivity index (χ0v) is 12.1. The molecule has 1 saturated carbocycles. The van der Waals surface area contributed by atoms with Gasteiger partial charge in [-0.2, -0.15) is 5.26 Å². The Bertz CT molecular complexity index is 497. The fourth-order valence-corrected chi connectivity index (χ4v) is 2.75. The number of hydrogen-bond donors (Lipinski definition) is 1. The summed E-state index contributed by atoms with van der Waals surface area (Å²) in [6.07, 6.45) is 2.62. The number of hydrogen-bond acceptors (Lipinski definition) is 3. The summed E-state index contributed by atoms with van der Waals surface area (Å²) in [5.74, 6) is 0.748. The van der Waals surface area contributed by atoms with Crippen molar-refractivity contribution in [2.45, 2.75) is 25.7 Å². The second-order valence-corrected chi connectivity index (χ2v) is 5.36. The van der Waals surface area contributed by atoms with Gasteiger partial charge in [0.15, 0.2) is 0 Å². The Kier molecular flexibility index (Phi) is 4.34. The summed E-state index contributed by atoms with van der Waals surface area (Å²) in [6.45, 7) is 6.09. The first kappa shape index (κ1) is 14.2. The predicted octanol–water partition coefficient (Wildman–Crippen LogP) is 2.58. The molecule has 1 aromatic rings. The smallest absolute Gasteiger partial charge is 0.102 e. The third kappa shape index (κ3) is 2.86. The molecule has 0 aromatic heterocycles. The molecule has 1 aliphatic heterocycles. The Balaban J connectivity index is 0.00000133. The molecule has 0 atom stereocenters. The molecule has 4 heteroatoms. The van der Waals surface area contributed by atoms with E-state index in [0.717, 1.165) is 48.9 Å². The molecule has 0 spiro atoms. The van der Waals surface area contributed by atoms with Crippen LogP contribution in [0.5, 0.6) is 0 Å². The fourth-order valence-electron chi connectivity index (χ4n) is 2.75. The Morgan fingerprint density at radius 3 is 2.53 bits per heavy atom. The van der Waals surface area contributed by atoms with Gasteiger partial charge < -0.3 is 10.2 Å². The maximum absolute atomic E-state index is 9.38. The summed E-state index contributed by atoms with van der Waals surface area (Å²) in [7, 11) is 0. The first-order valence-electron chi connectivity index (χ1n) is 6.80. The molecule has 1 aliphatic carbocycles. The van der Waals surface area contributed by atoms with Gasteiger partial charge in [0.1, 0.15) is 6.07 Å². The molecule has 0 unspecified atom stereocenters. The fraction of sp³-hybridized carbons (Fsp3) is 0.533. The molecular formula is C15H20ClN3. The molecule has 19 heavy (non-hydrogen) atoms. The molecule has 0 bridgehead atoms. The van der Waals surface area contributed by atoms with E-state index < -0.39 is 0 Å². The molecular weight excluding hydrogens is 258 g/mol. The number of piperazine rings is 1. The van der Waals surface area contributed by atoms with Crippen molar-refractivity contribution in [3.05, 3.63) is 28.8 Å². The lowest BCUT2D eigenvalue weighted by molar-refractivity contribution is 0.588. The van der Waals surface area contributed by atoms with Crippen molar-refractivity contribution in [2.24, 2.45) is 0 Å². The van der Waals surface area contributed by atoms with Crippen LogP contribution in [0.25, 0.3) is 0 Å². The van der Waals surface area contributed by atoms with Gasteiger partial charge in [-0.3, -0.25) is 0 Å². The number of halogens is 1. The third-order valence-corrected chi connectivity index (χ3v) is 3.96. The largest absolute Gasteiger partial charge is 0.368 e. The molecule has 1 heterocycles. The summed E-state index contributed by atoms with van der Waals surface area (Å²) < 4.78 is 0. The predicted molar refractivity (Wildman–Crippen MR) is 80.2 cm³/mol. The summed E-state index contributed by atoms with van der Waals surface area (Å²) in [5.41, 5.74) is 4.58. The van der Waals surface area contributed by atoms with E-state index in [0.29, 0.717) is 0 Å². The first-order valence-corrected chi connectivity index (χ1v) is 6.80. The van der Waals surface area contributed by atoms with E-state index in [2.05, 4.69) is 35.3 Å². The average Bonchev–Trinajstić information content (AvgIpc) is 3.23. The van der Waals surface area contributed by atoms with Crippen LogP contribution in [0.2, 0.25) is 0 Å². The number of nitrogens with one attached hydrogen (secondary N) is 1. The van der Waals surface area contributed by atoms with Gasteiger partial charge in [-0.05, 0) is 42.9 Å². The number of aryl methyl sites for hydroxylation is 1. The van der Waals surface area contributed by atoms with Gasteiger partial charge in [0, 0.05) is 26.2 Å². The molecule has 3 rings (SSSR count). The Hall–Kier alpha value is -1.24. The van der Waals surface area contributed by atoms with Crippen LogP contribution in [0, 0.1) is 18.3 Å². The number of rotatable bonds is 2. The molecule has 102 valence electrons. The van der Waals surface area contributed by atoms with Gasteiger partial charge in [-0.15, -0.1) is 12.4 Å². The van der Waals surface area contributed by atoms with Crippen molar-refractivity contribution in [2.75, 3.05) is 31.1 Å². The molecule has 2 fully saturated rings. The van der Waals surface area contributed by atoms with E-state index in [1.54, 1.807) is 0 Å². The lowest BCUT2D eigenvalue weighted by Gasteiger charge is -2.31. The number of nitriles is 1. The van der Waals surface area contributed by atoms with Gasteiger partial charge in [0.05, 0.1) is 11.3 Å². The number of nitrogens with zero attached hydrogens (tertiary/aromatic N) is 2. The minimum atomic E-state index is 0. The summed E-state index contributed by atoms with van der Waals surface area (Å²) in [5, 5.41) is 12.7. The Morgan fingerprint density at radius 1 is 1.26 bits per heavy atom. The van der Waals surface area contributed by atoms with E-state index in [-0.39, 0.29) is 12.4 Å². The van der Waals surface area contributed by atoms with Crippen molar-refractivity contribution in [3.63, 3.8) is 0 Å². The zero-order chi connectivity index (χ0) is 12.5.